The first kappa shape index (κ1) is 17.4. The average molecular weight is 356 g/mol. The molecule has 0 aliphatic rings. The van der Waals surface area contributed by atoms with E-state index in [-0.39, 0.29) is 19.5 Å². The largest absolute Gasteiger partial charge is 2.00 e. The van der Waals surface area contributed by atoms with Crippen LogP contribution in [-0.4, -0.2) is 19.9 Å². The van der Waals surface area contributed by atoms with Gasteiger partial charge in [-0.15, -0.1) is 0 Å². The fourth-order valence-electron chi connectivity index (χ4n) is 2.33. The molecule has 0 aliphatic heterocycles. The second kappa shape index (κ2) is 9.23. The topological polar surface area (TPSA) is 41.9 Å². The van der Waals surface area contributed by atoms with Crippen molar-refractivity contribution in [2.75, 3.05) is 0 Å². The Morgan fingerprint density at radius 1 is 0.565 bits per heavy atom. The maximum Gasteiger partial charge on any atom is 2.00 e. The van der Waals surface area contributed by atoms with Crippen LogP contribution in [0.25, 0.3) is 0 Å². The van der Waals surface area contributed by atoms with Crippen molar-refractivity contribution in [3.63, 3.8) is 0 Å². The van der Waals surface area contributed by atoms with E-state index in [4.69, 9.17) is 0 Å². The van der Waals surface area contributed by atoms with Crippen molar-refractivity contribution in [2.45, 2.75) is 19.6 Å². The quantitative estimate of drug-likeness (QED) is 0.637. The molecule has 3 aromatic heterocycles. The Hall–Kier alpha value is -1.97. The van der Waals surface area contributed by atoms with Crippen LogP contribution in [0.15, 0.2) is 73.2 Å². The summed E-state index contributed by atoms with van der Waals surface area (Å²) in [5.74, 6) is 0. The SMILES string of the molecule is [Zn+2].c1ccc(CN(Cc2ccccn2)Cc2ccccn2)nc1. The second-order valence-electron chi connectivity index (χ2n) is 5.11. The van der Waals surface area contributed by atoms with Crippen molar-refractivity contribution in [3.8, 4) is 0 Å². The Bertz CT molecular complexity index is 578. The number of rotatable bonds is 6. The standard InChI is InChI=1S/C18H18N4.Zn/c1-4-10-19-16(7-1)13-22(14-17-8-2-5-11-20-17)15-18-9-3-6-12-21-18;/h1-12H,13-15H2;/q;+2. The van der Waals surface area contributed by atoms with Crippen molar-refractivity contribution in [2.24, 2.45) is 0 Å². The summed E-state index contributed by atoms with van der Waals surface area (Å²) < 4.78 is 0. The van der Waals surface area contributed by atoms with Crippen LogP contribution < -0.4 is 0 Å². The van der Waals surface area contributed by atoms with Gasteiger partial charge < -0.3 is 0 Å². The van der Waals surface area contributed by atoms with Crippen LogP contribution >= 0.6 is 0 Å². The van der Waals surface area contributed by atoms with E-state index in [1.807, 2.05) is 73.2 Å². The van der Waals surface area contributed by atoms with Crippen LogP contribution in [0, 0.1) is 0 Å². The summed E-state index contributed by atoms with van der Waals surface area (Å²) in [6.45, 7) is 2.32. The number of hydrogen-bond donors (Lipinski definition) is 0. The Morgan fingerprint density at radius 3 is 1.17 bits per heavy atom. The molecule has 0 fully saturated rings. The van der Waals surface area contributed by atoms with Gasteiger partial charge in [-0.2, -0.15) is 0 Å². The molecule has 3 rings (SSSR count). The molecule has 0 bridgehead atoms. The molecule has 5 heteroatoms. The summed E-state index contributed by atoms with van der Waals surface area (Å²) in [4.78, 5) is 15.6. The first-order valence-electron chi connectivity index (χ1n) is 7.32. The molecule has 0 atom stereocenters. The normalized spacial score (nSPS) is 10.3. The molecule has 0 saturated carbocycles. The van der Waals surface area contributed by atoms with E-state index >= 15 is 0 Å². The zero-order valence-electron chi connectivity index (χ0n) is 13.0. The van der Waals surface area contributed by atoms with Crippen molar-refractivity contribution in [1.29, 1.82) is 0 Å². The van der Waals surface area contributed by atoms with Crippen LogP contribution in [-0.2, 0) is 39.1 Å². The van der Waals surface area contributed by atoms with Crippen LogP contribution in [0.1, 0.15) is 17.1 Å². The molecule has 23 heavy (non-hydrogen) atoms. The summed E-state index contributed by atoms with van der Waals surface area (Å²) in [6.07, 6.45) is 5.49. The van der Waals surface area contributed by atoms with Gasteiger partial charge in [0.25, 0.3) is 0 Å². The van der Waals surface area contributed by atoms with Crippen LogP contribution in [0.4, 0.5) is 0 Å². The van der Waals surface area contributed by atoms with Gasteiger partial charge in [0, 0.05) is 38.2 Å². The molecule has 110 valence electrons. The monoisotopic (exact) mass is 354 g/mol. The molecule has 0 aliphatic carbocycles. The maximum absolute atomic E-state index is 4.42. The minimum Gasteiger partial charge on any atom is -0.286 e. The molecule has 0 saturated heterocycles. The third-order valence-corrected chi connectivity index (χ3v) is 3.34. The molecule has 3 aromatic rings. The summed E-state index contributed by atoms with van der Waals surface area (Å²) in [5, 5.41) is 0. The minimum atomic E-state index is 0. The molecular weight excluding hydrogens is 338 g/mol. The molecule has 3 heterocycles. The second-order valence-corrected chi connectivity index (χ2v) is 5.11. The Balaban J connectivity index is 0.00000192. The van der Waals surface area contributed by atoms with E-state index in [2.05, 4.69) is 19.9 Å². The van der Waals surface area contributed by atoms with Crippen LogP contribution in [0.5, 0.6) is 0 Å². The van der Waals surface area contributed by atoms with Gasteiger partial charge in [-0.25, -0.2) is 0 Å². The van der Waals surface area contributed by atoms with E-state index in [0.717, 1.165) is 36.7 Å². The predicted octanol–water partition coefficient (Wildman–Crippen LogP) is 3.07. The molecule has 0 amide bonds. The van der Waals surface area contributed by atoms with Gasteiger partial charge in [-0.3, -0.25) is 19.9 Å². The zero-order chi connectivity index (χ0) is 15.0. The zero-order valence-corrected chi connectivity index (χ0v) is 16.0. The van der Waals surface area contributed by atoms with Crippen molar-refractivity contribution < 1.29 is 19.5 Å². The van der Waals surface area contributed by atoms with Gasteiger partial charge in [0.2, 0.25) is 0 Å². The van der Waals surface area contributed by atoms with Gasteiger partial charge in [0.05, 0.1) is 17.1 Å². The Kier molecular flexibility index (Phi) is 6.98. The summed E-state index contributed by atoms with van der Waals surface area (Å²) in [6, 6.07) is 18.0. The third kappa shape index (κ3) is 5.62. The Morgan fingerprint density at radius 2 is 0.913 bits per heavy atom. The van der Waals surface area contributed by atoms with E-state index in [1.54, 1.807) is 0 Å². The molecule has 0 radical (unpaired) electrons. The Labute approximate surface area is 149 Å². The van der Waals surface area contributed by atoms with E-state index in [0.29, 0.717) is 0 Å². The number of pyridine rings is 3. The number of nitrogens with zero attached hydrogens (tertiary/aromatic N) is 4. The molecule has 0 aromatic carbocycles. The van der Waals surface area contributed by atoms with Crippen LogP contribution in [0.2, 0.25) is 0 Å². The summed E-state index contributed by atoms with van der Waals surface area (Å²) >= 11 is 0. The summed E-state index contributed by atoms with van der Waals surface area (Å²) in [7, 11) is 0. The van der Waals surface area contributed by atoms with E-state index < -0.39 is 0 Å². The van der Waals surface area contributed by atoms with Gasteiger partial charge in [0.15, 0.2) is 0 Å². The van der Waals surface area contributed by atoms with Crippen molar-refractivity contribution in [1.82, 2.24) is 19.9 Å². The van der Waals surface area contributed by atoms with Gasteiger partial charge in [-0.05, 0) is 36.4 Å². The smallest absolute Gasteiger partial charge is 0.286 e. The molecular formula is C18H18N4Zn+2. The number of aromatic nitrogens is 3. The molecule has 0 N–H and O–H groups in total. The fourth-order valence-corrected chi connectivity index (χ4v) is 2.33. The van der Waals surface area contributed by atoms with Gasteiger partial charge in [0.1, 0.15) is 0 Å². The van der Waals surface area contributed by atoms with Gasteiger partial charge in [-0.1, -0.05) is 18.2 Å². The molecule has 0 spiro atoms. The average Bonchev–Trinajstić information content (AvgIpc) is 2.57. The van der Waals surface area contributed by atoms with E-state index in [1.165, 1.54) is 0 Å². The number of hydrogen-bond acceptors (Lipinski definition) is 4. The fraction of sp³-hybridized carbons (Fsp3) is 0.167. The molecule has 4 nitrogen and oxygen atoms in total. The van der Waals surface area contributed by atoms with Crippen molar-refractivity contribution >= 4 is 0 Å². The first-order valence-corrected chi connectivity index (χ1v) is 7.32. The van der Waals surface area contributed by atoms with Crippen molar-refractivity contribution in [3.05, 3.63) is 90.3 Å². The van der Waals surface area contributed by atoms with Gasteiger partial charge >= 0.3 is 19.5 Å². The summed E-state index contributed by atoms with van der Waals surface area (Å²) in [5.41, 5.74) is 3.15. The minimum absolute atomic E-state index is 0. The maximum atomic E-state index is 4.42. The molecule has 0 unspecified atom stereocenters. The third-order valence-electron chi connectivity index (χ3n) is 3.34. The first-order chi connectivity index (χ1) is 10.9. The van der Waals surface area contributed by atoms with E-state index in [9.17, 15) is 0 Å². The van der Waals surface area contributed by atoms with Crippen LogP contribution in [0.3, 0.4) is 0 Å². The predicted molar refractivity (Wildman–Crippen MR) is 85.7 cm³/mol.